The molecular formula is C24H36N2O4S. The second-order valence-corrected chi connectivity index (χ2v) is 10.6. The predicted molar refractivity (Wildman–Crippen MR) is 124 cm³/mol. The SMILES string of the molecule is COCCOC1=CCCC=C1c1ncc(CN2C[C@H](C(=O)OC)C[C@@H](C(C)(C)C)C2)s1. The minimum Gasteiger partial charge on any atom is -0.491 e. The van der Waals surface area contributed by atoms with E-state index in [4.69, 9.17) is 19.2 Å². The first-order valence-corrected chi connectivity index (χ1v) is 11.9. The number of allylic oxidation sites excluding steroid dienone is 3. The highest BCUT2D eigenvalue weighted by Gasteiger charge is 2.37. The zero-order valence-electron chi connectivity index (χ0n) is 19.5. The highest BCUT2D eigenvalue weighted by atomic mass is 32.1. The lowest BCUT2D eigenvalue weighted by molar-refractivity contribution is -0.149. The first kappa shape index (κ1) is 24.0. The fourth-order valence-corrected chi connectivity index (χ4v) is 5.23. The maximum absolute atomic E-state index is 12.3. The molecule has 1 aliphatic carbocycles. The normalized spacial score (nSPS) is 22.6. The van der Waals surface area contributed by atoms with Gasteiger partial charge in [-0.25, -0.2) is 4.98 Å². The number of methoxy groups -OCH3 is 2. The van der Waals surface area contributed by atoms with Crippen molar-refractivity contribution in [3.05, 3.63) is 34.0 Å². The van der Waals surface area contributed by atoms with Crippen LogP contribution in [0.15, 0.2) is 24.1 Å². The molecule has 6 nitrogen and oxygen atoms in total. The van der Waals surface area contributed by atoms with Crippen molar-refractivity contribution in [2.75, 3.05) is 40.5 Å². The van der Waals surface area contributed by atoms with Crippen LogP contribution in [0, 0.1) is 17.3 Å². The van der Waals surface area contributed by atoms with Crippen LogP contribution in [0.1, 0.15) is 49.9 Å². The van der Waals surface area contributed by atoms with Gasteiger partial charge >= 0.3 is 5.97 Å². The van der Waals surface area contributed by atoms with Gasteiger partial charge in [0.2, 0.25) is 0 Å². The highest BCUT2D eigenvalue weighted by Crippen LogP contribution is 2.37. The number of piperidine rings is 1. The van der Waals surface area contributed by atoms with Crippen LogP contribution in [-0.2, 0) is 25.5 Å². The number of carbonyl (C=O) groups is 1. The third-order valence-electron chi connectivity index (χ3n) is 6.10. The van der Waals surface area contributed by atoms with E-state index in [9.17, 15) is 4.79 Å². The molecule has 0 spiro atoms. The number of likely N-dealkylation sites (tertiary alicyclic amines) is 1. The molecule has 0 amide bonds. The smallest absolute Gasteiger partial charge is 0.309 e. The summed E-state index contributed by atoms with van der Waals surface area (Å²) in [5.41, 5.74) is 1.23. The van der Waals surface area contributed by atoms with Gasteiger partial charge in [0.25, 0.3) is 0 Å². The molecule has 0 aromatic carbocycles. The van der Waals surface area contributed by atoms with E-state index in [-0.39, 0.29) is 17.3 Å². The molecule has 7 heteroatoms. The number of carbonyl (C=O) groups excluding carboxylic acids is 1. The quantitative estimate of drug-likeness (QED) is 0.430. The molecule has 2 atom stereocenters. The number of hydrogen-bond acceptors (Lipinski definition) is 7. The van der Waals surface area contributed by atoms with E-state index in [2.05, 4.69) is 37.8 Å². The maximum Gasteiger partial charge on any atom is 0.309 e. The van der Waals surface area contributed by atoms with Crippen LogP contribution in [0.25, 0.3) is 5.57 Å². The predicted octanol–water partition coefficient (Wildman–Crippen LogP) is 4.52. The summed E-state index contributed by atoms with van der Waals surface area (Å²) < 4.78 is 16.1. The molecule has 0 unspecified atom stereocenters. The van der Waals surface area contributed by atoms with Crippen LogP contribution in [0.4, 0.5) is 0 Å². The summed E-state index contributed by atoms with van der Waals surface area (Å²) in [6.07, 6.45) is 9.21. The molecule has 0 N–H and O–H groups in total. The van der Waals surface area contributed by atoms with E-state index in [0.717, 1.165) is 55.2 Å². The van der Waals surface area contributed by atoms with E-state index < -0.39 is 0 Å². The number of aromatic nitrogens is 1. The second kappa shape index (κ2) is 10.7. The summed E-state index contributed by atoms with van der Waals surface area (Å²) in [4.78, 5) is 20.6. The Labute approximate surface area is 190 Å². The lowest BCUT2D eigenvalue weighted by Crippen LogP contribution is -2.46. The third-order valence-corrected chi connectivity index (χ3v) is 7.12. The molecule has 31 heavy (non-hydrogen) atoms. The molecule has 1 aliphatic heterocycles. The minimum absolute atomic E-state index is 0.0693. The molecule has 1 fully saturated rings. The summed E-state index contributed by atoms with van der Waals surface area (Å²) >= 11 is 1.71. The van der Waals surface area contributed by atoms with Crippen molar-refractivity contribution in [1.29, 1.82) is 0 Å². The number of rotatable bonds is 8. The Hall–Kier alpha value is -1.70. The van der Waals surface area contributed by atoms with E-state index in [1.807, 2.05) is 6.20 Å². The van der Waals surface area contributed by atoms with Gasteiger partial charge in [0, 0.05) is 43.4 Å². The van der Waals surface area contributed by atoms with Gasteiger partial charge in [0.15, 0.2) is 0 Å². The van der Waals surface area contributed by atoms with Crippen LogP contribution in [-0.4, -0.2) is 56.4 Å². The number of ether oxygens (including phenoxy) is 3. The van der Waals surface area contributed by atoms with Crippen molar-refractivity contribution in [3.63, 3.8) is 0 Å². The first-order valence-electron chi connectivity index (χ1n) is 11.1. The summed E-state index contributed by atoms with van der Waals surface area (Å²) in [6, 6.07) is 0. The fourth-order valence-electron chi connectivity index (χ4n) is 4.23. The zero-order valence-corrected chi connectivity index (χ0v) is 20.3. The topological polar surface area (TPSA) is 60.9 Å². The van der Waals surface area contributed by atoms with E-state index in [1.165, 1.54) is 12.0 Å². The van der Waals surface area contributed by atoms with Crippen LogP contribution < -0.4 is 0 Å². The minimum atomic E-state index is -0.0979. The van der Waals surface area contributed by atoms with Gasteiger partial charge in [-0.1, -0.05) is 26.8 Å². The van der Waals surface area contributed by atoms with Crippen molar-refractivity contribution in [3.8, 4) is 0 Å². The summed E-state index contributed by atoms with van der Waals surface area (Å²) in [5.74, 6) is 1.18. The number of hydrogen-bond donors (Lipinski definition) is 0. The highest BCUT2D eigenvalue weighted by molar-refractivity contribution is 7.12. The standard InChI is InChI=1S/C24H36N2O4S/c1-24(2,3)18-12-17(23(27)29-5)14-26(15-18)16-19-13-25-22(31-19)20-8-6-7-9-21(20)30-11-10-28-4/h8-9,13,17-18H,6-7,10-12,14-16H2,1-5H3/t17-,18-/m1/s1. The summed E-state index contributed by atoms with van der Waals surface area (Å²) in [5, 5.41) is 0.993. The van der Waals surface area contributed by atoms with Crippen molar-refractivity contribution >= 4 is 22.9 Å². The van der Waals surface area contributed by atoms with Crippen molar-refractivity contribution in [1.82, 2.24) is 9.88 Å². The van der Waals surface area contributed by atoms with Gasteiger partial charge in [-0.2, -0.15) is 0 Å². The first-order chi connectivity index (χ1) is 14.8. The molecule has 0 bridgehead atoms. The van der Waals surface area contributed by atoms with Gasteiger partial charge in [-0.3, -0.25) is 9.69 Å². The van der Waals surface area contributed by atoms with Crippen LogP contribution in [0.3, 0.4) is 0 Å². The number of esters is 1. The van der Waals surface area contributed by atoms with Gasteiger partial charge in [-0.05, 0) is 36.7 Å². The average Bonchev–Trinajstić information content (AvgIpc) is 3.21. The molecule has 0 saturated carbocycles. The molecule has 2 aliphatic rings. The summed E-state index contributed by atoms with van der Waals surface area (Å²) in [6.45, 7) is 10.4. The molecule has 2 heterocycles. The van der Waals surface area contributed by atoms with Crippen LogP contribution in [0.5, 0.6) is 0 Å². The van der Waals surface area contributed by atoms with Gasteiger partial charge < -0.3 is 14.2 Å². The Bertz CT molecular complexity index is 809. The Morgan fingerprint density at radius 1 is 1.19 bits per heavy atom. The van der Waals surface area contributed by atoms with E-state index in [0.29, 0.717) is 19.1 Å². The molecule has 172 valence electrons. The van der Waals surface area contributed by atoms with E-state index >= 15 is 0 Å². The largest absolute Gasteiger partial charge is 0.491 e. The molecule has 1 aromatic heterocycles. The Kier molecular flexibility index (Phi) is 8.30. The molecule has 0 radical (unpaired) electrons. The van der Waals surface area contributed by atoms with Crippen LogP contribution >= 0.6 is 11.3 Å². The molecule has 1 saturated heterocycles. The third kappa shape index (κ3) is 6.40. The van der Waals surface area contributed by atoms with Gasteiger partial charge in [0.1, 0.15) is 17.4 Å². The Morgan fingerprint density at radius 2 is 1.97 bits per heavy atom. The van der Waals surface area contributed by atoms with Crippen molar-refractivity contribution in [2.45, 2.75) is 46.6 Å². The lowest BCUT2D eigenvalue weighted by Gasteiger charge is -2.42. The second-order valence-electron chi connectivity index (χ2n) is 9.45. The van der Waals surface area contributed by atoms with Crippen LogP contribution in [0.2, 0.25) is 0 Å². The monoisotopic (exact) mass is 448 g/mol. The van der Waals surface area contributed by atoms with E-state index in [1.54, 1.807) is 18.4 Å². The van der Waals surface area contributed by atoms with Crippen molar-refractivity contribution in [2.24, 2.45) is 17.3 Å². The maximum atomic E-state index is 12.3. The average molecular weight is 449 g/mol. The zero-order chi connectivity index (χ0) is 22.4. The van der Waals surface area contributed by atoms with Gasteiger partial charge in [0.05, 0.1) is 19.6 Å². The molecule has 3 rings (SSSR count). The Balaban J connectivity index is 1.69. The fraction of sp³-hybridized carbons (Fsp3) is 0.667. The molecule has 1 aromatic rings. The number of thiazole rings is 1. The number of nitrogens with zero attached hydrogens (tertiary/aromatic N) is 2. The molecular weight excluding hydrogens is 412 g/mol. The van der Waals surface area contributed by atoms with Gasteiger partial charge in [-0.15, -0.1) is 11.3 Å². The summed E-state index contributed by atoms with van der Waals surface area (Å²) in [7, 11) is 3.17. The Morgan fingerprint density at radius 3 is 2.68 bits per heavy atom. The lowest BCUT2D eigenvalue weighted by atomic mass is 9.73. The van der Waals surface area contributed by atoms with Crippen molar-refractivity contribution < 1.29 is 19.0 Å².